The molecule has 3 rings (SSSR count). The van der Waals surface area contributed by atoms with Crippen LogP contribution in [-0.4, -0.2) is 49.2 Å². The number of nitro benzene ring substituents is 1. The average Bonchev–Trinajstić information content (AvgIpc) is 2.79. The van der Waals surface area contributed by atoms with Crippen molar-refractivity contribution >= 4 is 33.3 Å². The number of esters is 1. The number of nitrogens with zero attached hydrogens (tertiary/aromatic N) is 2. The Morgan fingerprint density at radius 2 is 1.75 bits per heavy atom. The van der Waals surface area contributed by atoms with Gasteiger partial charge in [0.2, 0.25) is 10.0 Å². The van der Waals surface area contributed by atoms with Crippen LogP contribution in [0.15, 0.2) is 47.4 Å². The Bertz CT molecular complexity index is 1130. The van der Waals surface area contributed by atoms with E-state index < -0.39 is 50.6 Å². The first-order chi connectivity index (χ1) is 15.2. The van der Waals surface area contributed by atoms with Gasteiger partial charge in [-0.2, -0.15) is 4.31 Å². The van der Waals surface area contributed by atoms with E-state index in [-0.39, 0.29) is 10.5 Å². The summed E-state index contributed by atoms with van der Waals surface area (Å²) in [6, 6.07) is 7.75. The molecule has 0 saturated carbocycles. The standard InChI is InChI=1S/C20H20FN3O7S/c21-17-9-6-15(24(27)28)12-18(17)22-19(25)13-31-20(26)14-4-7-16(8-5-14)32(29,30)23-10-2-1-3-11-23/h4-9,12H,1-3,10-11,13H2,(H,22,25). The first-order valence-electron chi connectivity index (χ1n) is 9.69. The monoisotopic (exact) mass is 465 g/mol. The number of nitrogens with one attached hydrogen (secondary N) is 1. The summed E-state index contributed by atoms with van der Waals surface area (Å²) < 4.78 is 45.3. The summed E-state index contributed by atoms with van der Waals surface area (Å²) in [6.45, 7) is 0.133. The number of ether oxygens (including phenoxy) is 1. The molecule has 0 aliphatic carbocycles. The number of amides is 1. The number of halogens is 1. The van der Waals surface area contributed by atoms with Crippen LogP contribution < -0.4 is 5.32 Å². The quantitative estimate of drug-likeness (QED) is 0.377. The number of sulfonamides is 1. The lowest BCUT2D eigenvalue weighted by Gasteiger charge is -2.25. The highest BCUT2D eigenvalue weighted by molar-refractivity contribution is 7.89. The maximum atomic E-state index is 13.7. The number of carbonyl (C=O) groups is 2. The molecule has 1 aliphatic heterocycles. The summed E-state index contributed by atoms with van der Waals surface area (Å²) in [5.74, 6) is -2.68. The molecule has 0 radical (unpaired) electrons. The van der Waals surface area contributed by atoms with Crippen molar-refractivity contribution in [2.24, 2.45) is 0 Å². The van der Waals surface area contributed by atoms with Crippen molar-refractivity contribution in [2.75, 3.05) is 25.0 Å². The summed E-state index contributed by atoms with van der Waals surface area (Å²) in [5.41, 5.74) is -0.817. The van der Waals surface area contributed by atoms with Crippen LogP contribution in [0.1, 0.15) is 29.6 Å². The molecular weight excluding hydrogens is 445 g/mol. The van der Waals surface area contributed by atoms with Gasteiger partial charge in [-0.3, -0.25) is 14.9 Å². The summed E-state index contributed by atoms with van der Waals surface area (Å²) in [7, 11) is -3.64. The normalized spacial score (nSPS) is 14.5. The highest BCUT2D eigenvalue weighted by Gasteiger charge is 2.26. The lowest BCUT2D eigenvalue weighted by molar-refractivity contribution is -0.384. The maximum absolute atomic E-state index is 13.7. The van der Waals surface area contributed by atoms with Crippen LogP contribution in [0.25, 0.3) is 0 Å². The van der Waals surface area contributed by atoms with E-state index >= 15 is 0 Å². The third-order valence-corrected chi connectivity index (χ3v) is 6.72. The third kappa shape index (κ3) is 5.45. The van der Waals surface area contributed by atoms with Crippen LogP contribution >= 0.6 is 0 Å². The minimum absolute atomic E-state index is 0.0249. The number of benzene rings is 2. The Morgan fingerprint density at radius 1 is 1.09 bits per heavy atom. The van der Waals surface area contributed by atoms with E-state index in [9.17, 15) is 32.5 Å². The van der Waals surface area contributed by atoms with Crippen molar-refractivity contribution in [1.29, 1.82) is 0 Å². The van der Waals surface area contributed by atoms with Gasteiger partial charge in [0.1, 0.15) is 5.82 Å². The van der Waals surface area contributed by atoms with Gasteiger partial charge in [-0.05, 0) is 43.2 Å². The summed E-state index contributed by atoms with van der Waals surface area (Å²) in [6.07, 6.45) is 2.58. The van der Waals surface area contributed by atoms with Gasteiger partial charge in [-0.1, -0.05) is 6.42 Å². The number of anilines is 1. The van der Waals surface area contributed by atoms with Crippen LogP contribution in [0.3, 0.4) is 0 Å². The third-order valence-electron chi connectivity index (χ3n) is 4.81. The van der Waals surface area contributed by atoms with E-state index in [2.05, 4.69) is 5.32 Å². The van der Waals surface area contributed by atoms with Gasteiger partial charge in [0.05, 0.1) is 21.1 Å². The Labute approximate surface area is 183 Å². The first kappa shape index (κ1) is 23.3. The molecule has 10 nitrogen and oxygen atoms in total. The van der Waals surface area contributed by atoms with Crippen molar-refractivity contribution < 1.29 is 32.1 Å². The molecule has 1 amide bonds. The van der Waals surface area contributed by atoms with Crippen molar-refractivity contribution in [1.82, 2.24) is 4.31 Å². The second-order valence-electron chi connectivity index (χ2n) is 7.03. The molecule has 0 bridgehead atoms. The number of piperidine rings is 1. The van der Waals surface area contributed by atoms with E-state index in [0.29, 0.717) is 13.1 Å². The van der Waals surface area contributed by atoms with Gasteiger partial charge < -0.3 is 10.1 Å². The molecule has 2 aromatic carbocycles. The van der Waals surface area contributed by atoms with Crippen molar-refractivity contribution in [3.63, 3.8) is 0 Å². The number of carbonyl (C=O) groups excluding carboxylic acids is 2. The second-order valence-corrected chi connectivity index (χ2v) is 8.97. The fourth-order valence-electron chi connectivity index (χ4n) is 3.14. The molecule has 12 heteroatoms. The lowest BCUT2D eigenvalue weighted by atomic mass is 10.2. The molecular formula is C20H20FN3O7S. The minimum Gasteiger partial charge on any atom is -0.452 e. The Hall–Kier alpha value is -3.38. The fraction of sp³-hybridized carbons (Fsp3) is 0.300. The molecule has 0 unspecified atom stereocenters. The topological polar surface area (TPSA) is 136 Å². The number of non-ortho nitro benzene ring substituents is 1. The Morgan fingerprint density at radius 3 is 2.38 bits per heavy atom. The molecule has 32 heavy (non-hydrogen) atoms. The van der Waals surface area contributed by atoms with Gasteiger partial charge in [-0.25, -0.2) is 17.6 Å². The molecule has 1 aliphatic rings. The van der Waals surface area contributed by atoms with Crippen LogP contribution in [0.2, 0.25) is 0 Å². The highest BCUT2D eigenvalue weighted by Crippen LogP contribution is 2.22. The van der Waals surface area contributed by atoms with E-state index in [1.807, 2.05) is 0 Å². The molecule has 1 heterocycles. The number of hydrogen-bond acceptors (Lipinski definition) is 7. The van der Waals surface area contributed by atoms with Crippen LogP contribution in [-0.2, 0) is 19.6 Å². The zero-order chi connectivity index (χ0) is 23.3. The maximum Gasteiger partial charge on any atom is 0.338 e. The number of hydrogen-bond donors (Lipinski definition) is 1. The van der Waals surface area contributed by atoms with Crippen LogP contribution in [0.4, 0.5) is 15.8 Å². The van der Waals surface area contributed by atoms with E-state index in [0.717, 1.165) is 37.5 Å². The molecule has 0 aromatic heterocycles. The van der Waals surface area contributed by atoms with Gasteiger partial charge in [-0.15, -0.1) is 0 Å². The smallest absolute Gasteiger partial charge is 0.338 e. The van der Waals surface area contributed by atoms with E-state index in [1.165, 1.54) is 28.6 Å². The molecule has 2 aromatic rings. The fourth-order valence-corrected chi connectivity index (χ4v) is 4.66. The van der Waals surface area contributed by atoms with Gasteiger partial charge in [0.15, 0.2) is 6.61 Å². The SMILES string of the molecule is O=C(COC(=O)c1ccc(S(=O)(=O)N2CCCCC2)cc1)Nc1cc([N+](=O)[O-])ccc1F. The van der Waals surface area contributed by atoms with Crippen LogP contribution in [0.5, 0.6) is 0 Å². The number of nitro groups is 1. The number of rotatable bonds is 7. The predicted octanol–water partition coefficient (Wildman–Crippen LogP) is 2.70. The van der Waals surface area contributed by atoms with Crippen molar-refractivity contribution in [3.8, 4) is 0 Å². The Kier molecular flexibility index (Phi) is 7.15. The van der Waals surface area contributed by atoms with Gasteiger partial charge in [0.25, 0.3) is 11.6 Å². The lowest BCUT2D eigenvalue weighted by Crippen LogP contribution is -2.35. The molecule has 1 saturated heterocycles. The van der Waals surface area contributed by atoms with Gasteiger partial charge in [0, 0.05) is 25.2 Å². The first-order valence-corrected chi connectivity index (χ1v) is 11.1. The van der Waals surface area contributed by atoms with Gasteiger partial charge >= 0.3 is 5.97 Å². The molecule has 170 valence electrons. The van der Waals surface area contributed by atoms with E-state index in [4.69, 9.17) is 4.74 Å². The second kappa shape index (κ2) is 9.83. The van der Waals surface area contributed by atoms with Crippen molar-refractivity contribution in [2.45, 2.75) is 24.2 Å². The molecule has 0 spiro atoms. The van der Waals surface area contributed by atoms with Crippen LogP contribution in [0, 0.1) is 15.9 Å². The highest BCUT2D eigenvalue weighted by atomic mass is 32.2. The minimum atomic E-state index is -3.64. The molecule has 1 fully saturated rings. The Balaban J connectivity index is 1.59. The summed E-state index contributed by atoms with van der Waals surface area (Å²) >= 11 is 0. The zero-order valence-electron chi connectivity index (χ0n) is 16.8. The predicted molar refractivity (Wildman–Crippen MR) is 111 cm³/mol. The van der Waals surface area contributed by atoms with E-state index in [1.54, 1.807) is 0 Å². The largest absolute Gasteiger partial charge is 0.452 e. The summed E-state index contributed by atoms with van der Waals surface area (Å²) in [4.78, 5) is 34.1. The average molecular weight is 465 g/mol. The molecule has 1 N–H and O–H groups in total. The summed E-state index contributed by atoms with van der Waals surface area (Å²) in [5, 5.41) is 12.9. The van der Waals surface area contributed by atoms with Crippen molar-refractivity contribution in [3.05, 3.63) is 64.0 Å². The zero-order valence-corrected chi connectivity index (χ0v) is 17.6. The molecule has 0 atom stereocenters.